The molecule has 0 aliphatic heterocycles. The first-order chi connectivity index (χ1) is 16.5. The summed E-state index contributed by atoms with van der Waals surface area (Å²) in [6.45, 7) is 13.1. The van der Waals surface area contributed by atoms with Crippen LogP contribution in [0.3, 0.4) is 0 Å². The van der Waals surface area contributed by atoms with Crippen LogP contribution in [0.2, 0.25) is 0 Å². The van der Waals surface area contributed by atoms with E-state index in [-0.39, 0.29) is 40.1 Å². The third kappa shape index (κ3) is 3.02. The Kier molecular flexibility index (Phi) is 5.77. The van der Waals surface area contributed by atoms with E-state index in [1.165, 1.54) is 5.57 Å². The molecule has 5 aliphatic carbocycles. The maximum absolute atomic E-state index is 12.8. The monoisotopic (exact) mass is 504 g/mol. The summed E-state index contributed by atoms with van der Waals surface area (Å²) in [5.41, 5.74) is -0.413. The summed E-state index contributed by atoms with van der Waals surface area (Å²) in [6, 6.07) is 0. The Morgan fingerprint density at radius 1 is 0.889 bits per heavy atom. The van der Waals surface area contributed by atoms with Gasteiger partial charge in [-0.15, -0.1) is 0 Å². The molecule has 36 heavy (non-hydrogen) atoms. The van der Waals surface area contributed by atoms with Crippen molar-refractivity contribution in [1.29, 1.82) is 0 Å². The number of allylic oxidation sites excluding steroid dienone is 1. The summed E-state index contributed by atoms with van der Waals surface area (Å²) in [7, 11) is 0. The number of fused-ring (bicyclic) bond motifs is 6. The highest BCUT2D eigenvalue weighted by Gasteiger charge is 2.71. The second-order valence-electron chi connectivity index (χ2n) is 15.1. The zero-order chi connectivity index (χ0) is 26.7. The molecule has 0 spiro atoms. The largest absolute Gasteiger partial charge is 0.481 e. The first kappa shape index (κ1) is 26.6. The Morgan fingerprint density at radius 3 is 2.17 bits per heavy atom. The number of aliphatic hydroxyl groups is 4. The lowest BCUT2D eigenvalue weighted by Gasteiger charge is -2.71. The van der Waals surface area contributed by atoms with Crippen LogP contribution < -0.4 is 0 Å². The molecule has 0 unspecified atom stereocenters. The Hall–Kier alpha value is -0.950. The molecule has 5 N–H and O–H groups in total. The highest BCUT2D eigenvalue weighted by atomic mass is 16.4. The van der Waals surface area contributed by atoms with Crippen LogP contribution >= 0.6 is 0 Å². The van der Waals surface area contributed by atoms with Gasteiger partial charge in [0, 0.05) is 5.41 Å². The Morgan fingerprint density at radius 2 is 1.56 bits per heavy atom. The van der Waals surface area contributed by atoms with Crippen molar-refractivity contribution in [3.05, 3.63) is 11.1 Å². The van der Waals surface area contributed by atoms with Crippen LogP contribution in [0.25, 0.3) is 0 Å². The molecule has 0 aromatic heterocycles. The van der Waals surface area contributed by atoms with Crippen LogP contribution in [0, 0.1) is 44.3 Å². The summed E-state index contributed by atoms with van der Waals surface area (Å²) in [5.74, 6) is -0.544. The van der Waals surface area contributed by atoms with Gasteiger partial charge in [0.1, 0.15) is 5.41 Å². The Bertz CT molecular complexity index is 988. The predicted molar refractivity (Wildman–Crippen MR) is 137 cm³/mol. The average molecular weight is 505 g/mol. The van der Waals surface area contributed by atoms with Gasteiger partial charge in [-0.25, -0.2) is 0 Å². The molecule has 0 aromatic carbocycles. The van der Waals surface area contributed by atoms with Gasteiger partial charge in [-0.3, -0.25) is 4.79 Å². The fourth-order valence-electron chi connectivity index (χ4n) is 10.9. The SMILES string of the molecule is CC1(C)CC[C@@]2(C(=O)O)C(=C3CC[C@@H]4[C@@]5(C)C[C@H](O)[C@H](O)[C@@](C)(CO)[C@@H]5CC[C@@]4(C)[C@]3(C)C[C@H]2O)C1. The maximum Gasteiger partial charge on any atom is 0.316 e. The smallest absolute Gasteiger partial charge is 0.316 e. The van der Waals surface area contributed by atoms with E-state index in [1.807, 2.05) is 6.92 Å². The van der Waals surface area contributed by atoms with Crippen molar-refractivity contribution in [1.82, 2.24) is 0 Å². The molecule has 5 aliphatic rings. The molecule has 4 fully saturated rings. The minimum atomic E-state index is -1.17. The zero-order valence-electron chi connectivity index (χ0n) is 23.1. The van der Waals surface area contributed by atoms with Gasteiger partial charge in [0.25, 0.3) is 0 Å². The maximum atomic E-state index is 12.8. The second kappa shape index (κ2) is 7.80. The van der Waals surface area contributed by atoms with E-state index in [2.05, 4.69) is 34.6 Å². The number of carboxylic acids is 1. The molecular weight excluding hydrogens is 456 g/mol. The van der Waals surface area contributed by atoms with Crippen LogP contribution in [0.1, 0.15) is 99.3 Å². The van der Waals surface area contributed by atoms with Crippen molar-refractivity contribution in [2.24, 2.45) is 44.3 Å². The quantitative estimate of drug-likeness (QED) is 0.358. The minimum absolute atomic E-state index is 0.00715. The van der Waals surface area contributed by atoms with Crippen LogP contribution in [-0.4, -0.2) is 56.4 Å². The highest BCUT2D eigenvalue weighted by Crippen LogP contribution is 2.75. The molecule has 0 heterocycles. The minimum Gasteiger partial charge on any atom is -0.481 e. The number of carbonyl (C=O) groups is 1. The number of hydrogen-bond acceptors (Lipinski definition) is 5. The lowest BCUT2D eigenvalue weighted by molar-refractivity contribution is -0.248. The molecule has 0 bridgehead atoms. The second-order valence-corrected chi connectivity index (χ2v) is 15.1. The fraction of sp³-hybridized carbons (Fsp3) is 0.900. The lowest BCUT2D eigenvalue weighted by atomic mass is 9.33. The summed E-state index contributed by atoms with van der Waals surface area (Å²) in [4.78, 5) is 12.8. The molecule has 10 atom stereocenters. The van der Waals surface area contributed by atoms with E-state index < -0.39 is 35.1 Å². The van der Waals surface area contributed by atoms with Crippen LogP contribution in [0.4, 0.5) is 0 Å². The molecule has 0 saturated heterocycles. The van der Waals surface area contributed by atoms with Crippen molar-refractivity contribution in [3.63, 3.8) is 0 Å². The summed E-state index contributed by atoms with van der Waals surface area (Å²) in [6.07, 6.45) is 3.69. The van der Waals surface area contributed by atoms with Gasteiger partial charge in [-0.1, -0.05) is 52.7 Å². The van der Waals surface area contributed by atoms with Crippen LogP contribution in [-0.2, 0) is 4.79 Å². The molecule has 4 saturated carbocycles. The van der Waals surface area contributed by atoms with Gasteiger partial charge < -0.3 is 25.5 Å². The number of hydrogen-bond donors (Lipinski definition) is 5. The number of aliphatic carboxylic acids is 1. The van der Waals surface area contributed by atoms with E-state index in [0.717, 1.165) is 44.1 Å². The fourth-order valence-corrected chi connectivity index (χ4v) is 10.9. The van der Waals surface area contributed by atoms with Crippen LogP contribution in [0.5, 0.6) is 0 Å². The van der Waals surface area contributed by atoms with E-state index in [1.54, 1.807) is 0 Å². The average Bonchev–Trinajstić information content (AvgIpc) is 2.77. The lowest BCUT2D eigenvalue weighted by Crippen LogP contribution is -2.68. The summed E-state index contributed by atoms with van der Waals surface area (Å²) < 4.78 is 0. The summed E-state index contributed by atoms with van der Waals surface area (Å²) in [5, 5.41) is 54.5. The van der Waals surface area contributed by atoms with E-state index in [0.29, 0.717) is 19.3 Å². The van der Waals surface area contributed by atoms with Crippen LogP contribution in [0.15, 0.2) is 11.1 Å². The Labute approximate surface area is 216 Å². The molecular formula is C30H48O6. The molecule has 5 rings (SSSR count). The Balaban J connectivity index is 1.65. The molecule has 6 heteroatoms. The predicted octanol–water partition coefficient (Wildman–Crippen LogP) is 4.29. The third-order valence-corrected chi connectivity index (χ3v) is 13.1. The summed E-state index contributed by atoms with van der Waals surface area (Å²) >= 11 is 0. The first-order valence-corrected chi connectivity index (χ1v) is 14.1. The number of carboxylic acid groups (broad SMARTS) is 1. The van der Waals surface area contributed by atoms with Gasteiger partial charge in [-0.2, -0.15) is 0 Å². The van der Waals surface area contributed by atoms with E-state index in [9.17, 15) is 30.3 Å². The third-order valence-electron chi connectivity index (χ3n) is 13.1. The molecule has 0 amide bonds. The van der Waals surface area contributed by atoms with Gasteiger partial charge in [0.05, 0.1) is 24.9 Å². The van der Waals surface area contributed by atoms with Crippen molar-refractivity contribution in [2.45, 2.75) is 118 Å². The van der Waals surface area contributed by atoms with Crippen molar-refractivity contribution in [3.8, 4) is 0 Å². The standard InChI is InChI=1S/C30H48O6/c1-25(2)11-12-30(24(35)36)18(13-25)17-7-8-21-26(3)14-19(32)23(34)27(4,16-31)20(26)9-10-28(21,5)29(17,6)15-22(30)33/h19-23,31-34H,7-16H2,1-6H3,(H,35,36)/t19-,20+,21+,22+,23-,26-,27-,28+,29+,30+/m0/s1. The van der Waals surface area contributed by atoms with Gasteiger partial charge >= 0.3 is 5.97 Å². The van der Waals surface area contributed by atoms with Gasteiger partial charge in [-0.05, 0) is 91.3 Å². The molecule has 204 valence electrons. The molecule has 0 radical (unpaired) electrons. The van der Waals surface area contributed by atoms with Gasteiger partial charge in [0.15, 0.2) is 0 Å². The highest BCUT2D eigenvalue weighted by molar-refractivity contribution is 5.81. The number of rotatable bonds is 2. The van der Waals surface area contributed by atoms with E-state index >= 15 is 0 Å². The zero-order valence-corrected chi connectivity index (χ0v) is 23.1. The molecule has 0 aromatic rings. The number of aliphatic hydroxyl groups excluding tert-OH is 4. The molecule has 6 nitrogen and oxygen atoms in total. The van der Waals surface area contributed by atoms with E-state index in [4.69, 9.17) is 0 Å². The van der Waals surface area contributed by atoms with Gasteiger partial charge in [0.2, 0.25) is 0 Å². The van der Waals surface area contributed by atoms with Crippen molar-refractivity contribution in [2.75, 3.05) is 6.61 Å². The first-order valence-electron chi connectivity index (χ1n) is 14.1. The van der Waals surface area contributed by atoms with Crippen molar-refractivity contribution >= 4 is 5.97 Å². The topological polar surface area (TPSA) is 118 Å². The van der Waals surface area contributed by atoms with Crippen molar-refractivity contribution < 1.29 is 30.3 Å². The normalized spacial score (nSPS) is 54.1.